The van der Waals surface area contributed by atoms with Crippen molar-refractivity contribution >= 4 is 0 Å². The first kappa shape index (κ1) is 11.8. The van der Waals surface area contributed by atoms with Gasteiger partial charge < -0.3 is 4.57 Å². The lowest BCUT2D eigenvalue weighted by molar-refractivity contribution is 0.525. The first-order valence-electron chi connectivity index (χ1n) is 6.04. The second kappa shape index (κ2) is 4.70. The van der Waals surface area contributed by atoms with E-state index in [1.807, 2.05) is 6.33 Å². The molecule has 0 bridgehead atoms. The van der Waals surface area contributed by atoms with E-state index in [9.17, 15) is 0 Å². The third kappa shape index (κ3) is 2.38. The second-order valence-corrected chi connectivity index (χ2v) is 4.95. The zero-order valence-corrected chi connectivity index (χ0v) is 10.9. The fourth-order valence-corrected chi connectivity index (χ4v) is 1.98. The summed E-state index contributed by atoms with van der Waals surface area (Å²) in [4.78, 5) is 0. The van der Waals surface area contributed by atoms with Gasteiger partial charge in [-0.3, -0.25) is 0 Å². The summed E-state index contributed by atoms with van der Waals surface area (Å²) in [5.74, 6) is 1.56. The quantitative estimate of drug-likeness (QED) is 0.809. The predicted octanol–water partition coefficient (Wildman–Crippen LogP) is 3.22. The van der Waals surface area contributed by atoms with Gasteiger partial charge in [0.25, 0.3) is 0 Å². The van der Waals surface area contributed by atoms with Crippen molar-refractivity contribution in [1.82, 2.24) is 14.8 Å². The van der Waals surface area contributed by atoms with Crippen molar-refractivity contribution in [2.45, 2.75) is 34.2 Å². The molecule has 0 aliphatic heterocycles. The third-order valence-electron chi connectivity index (χ3n) is 3.02. The van der Waals surface area contributed by atoms with Crippen molar-refractivity contribution in [3.8, 4) is 11.4 Å². The average molecular weight is 229 g/mol. The lowest BCUT2D eigenvalue weighted by Crippen LogP contribution is -2.05. The zero-order valence-electron chi connectivity index (χ0n) is 10.9. The summed E-state index contributed by atoms with van der Waals surface area (Å²) in [6.07, 6.45) is 1.82. The standard InChI is InChI=1S/C14H19N3/c1-10(2)8-17-9-15-16-14(17)13-7-5-6-11(3)12(13)4/h5-7,9-10H,8H2,1-4H3. The fourth-order valence-electron chi connectivity index (χ4n) is 1.98. The normalized spacial score (nSPS) is 11.1. The Balaban J connectivity index is 2.46. The highest BCUT2D eigenvalue weighted by molar-refractivity contribution is 5.61. The molecule has 1 aromatic carbocycles. The van der Waals surface area contributed by atoms with Crippen molar-refractivity contribution < 1.29 is 0 Å². The van der Waals surface area contributed by atoms with Crippen LogP contribution in [0.5, 0.6) is 0 Å². The van der Waals surface area contributed by atoms with Crippen LogP contribution in [0.25, 0.3) is 11.4 Å². The van der Waals surface area contributed by atoms with Crippen LogP contribution in [0.2, 0.25) is 0 Å². The van der Waals surface area contributed by atoms with Gasteiger partial charge in [-0.05, 0) is 30.9 Å². The molecule has 0 N–H and O–H groups in total. The fraction of sp³-hybridized carbons (Fsp3) is 0.429. The Kier molecular flexibility index (Phi) is 3.27. The zero-order chi connectivity index (χ0) is 12.4. The maximum atomic E-state index is 4.25. The Morgan fingerprint density at radius 1 is 1.24 bits per heavy atom. The molecule has 0 unspecified atom stereocenters. The SMILES string of the molecule is Cc1cccc(-c2nncn2CC(C)C)c1C. The van der Waals surface area contributed by atoms with E-state index in [2.05, 4.69) is 60.7 Å². The number of hydrogen-bond donors (Lipinski definition) is 0. The molecule has 90 valence electrons. The van der Waals surface area contributed by atoms with E-state index < -0.39 is 0 Å². The van der Waals surface area contributed by atoms with Crippen LogP contribution < -0.4 is 0 Å². The number of hydrogen-bond acceptors (Lipinski definition) is 2. The van der Waals surface area contributed by atoms with Crippen LogP contribution in [0.1, 0.15) is 25.0 Å². The van der Waals surface area contributed by atoms with Crippen molar-refractivity contribution in [2.24, 2.45) is 5.92 Å². The minimum absolute atomic E-state index is 0.592. The van der Waals surface area contributed by atoms with E-state index in [1.54, 1.807) is 0 Å². The number of aromatic nitrogens is 3. The molecule has 0 atom stereocenters. The molecule has 0 radical (unpaired) electrons. The maximum Gasteiger partial charge on any atom is 0.164 e. The molecule has 1 heterocycles. The minimum Gasteiger partial charge on any atom is -0.313 e. The maximum absolute atomic E-state index is 4.25. The summed E-state index contributed by atoms with van der Waals surface area (Å²) in [6, 6.07) is 6.32. The highest BCUT2D eigenvalue weighted by Crippen LogP contribution is 2.23. The third-order valence-corrected chi connectivity index (χ3v) is 3.02. The summed E-state index contributed by atoms with van der Waals surface area (Å²) < 4.78 is 2.13. The molecule has 0 amide bonds. The van der Waals surface area contributed by atoms with E-state index in [1.165, 1.54) is 16.7 Å². The monoisotopic (exact) mass is 229 g/mol. The number of benzene rings is 1. The lowest BCUT2D eigenvalue weighted by Gasteiger charge is -2.11. The van der Waals surface area contributed by atoms with Crippen molar-refractivity contribution in [3.63, 3.8) is 0 Å². The molecule has 0 aliphatic rings. The summed E-state index contributed by atoms with van der Waals surface area (Å²) in [7, 11) is 0. The van der Waals surface area contributed by atoms with Crippen molar-refractivity contribution in [2.75, 3.05) is 0 Å². The van der Waals surface area contributed by atoms with E-state index in [-0.39, 0.29) is 0 Å². The Hall–Kier alpha value is -1.64. The van der Waals surface area contributed by atoms with Gasteiger partial charge in [0.15, 0.2) is 5.82 Å². The largest absolute Gasteiger partial charge is 0.313 e. The van der Waals surface area contributed by atoms with Gasteiger partial charge in [-0.1, -0.05) is 32.0 Å². The first-order chi connectivity index (χ1) is 8.09. The first-order valence-corrected chi connectivity index (χ1v) is 6.04. The molecular weight excluding hydrogens is 210 g/mol. The number of rotatable bonds is 3. The van der Waals surface area contributed by atoms with E-state index in [0.29, 0.717) is 5.92 Å². The van der Waals surface area contributed by atoms with Gasteiger partial charge in [0.2, 0.25) is 0 Å². The molecular formula is C14H19N3. The van der Waals surface area contributed by atoms with E-state index >= 15 is 0 Å². The summed E-state index contributed by atoms with van der Waals surface area (Å²) >= 11 is 0. The molecule has 2 aromatic rings. The molecule has 0 saturated carbocycles. The molecule has 0 saturated heterocycles. The van der Waals surface area contributed by atoms with Gasteiger partial charge in [-0.2, -0.15) is 0 Å². The van der Waals surface area contributed by atoms with Gasteiger partial charge in [0.05, 0.1) is 0 Å². The van der Waals surface area contributed by atoms with Crippen molar-refractivity contribution in [3.05, 3.63) is 35.7 Å². The Morgan fingerprint density at radius 2 is 2.00 bits per heavy atom. The summed E-state index contributed by atoms with van der Waals surface area (Å²) in [5, 5.41) is 8.29. The second-order valence-electron chi connectivity index (χ2n) is 4.95. The Labute approximate surface area is 103 Å². The van der Waals surface area contributed by atoms with Crippen LogP contribution in [-0.2, 0) is 6.54 Å². The highest BCUT2D eigenvalue weighted by atomic mass is 15.3. The smallest absolute Gasteiger partial charge is 0.164 e. The molecule has 3 nitrogen and oxygen atoms in total. The predicted molar refractivity (Wildman–Crippen MR) is 69.8 cm³/mol. The highest BCUT2D eigenvalue weighted by Gasteiger charge is 2.11. The minimum atomic E-state index is 0.592. The van der Waals surface area contributed by atoms with Crippen molar-refractivity contribution in [1.29, 1.82) is 0 Å². The summed E-state index contributed by atoms with van der Waals surface area (Å²) in [6.45, 7) is 9.62. The summed E-state index contributed by atoms with van der Waals surface area (Å²) in [5.41, 5.74) is 3.76. The molecule has 0 aliphatic carbocycles. The van der Waals surface area contributed by atoms with Crippen LogP contribution in [0.15, 0.2) is 24.5 Å². The van der Waals surface area contributed by atoms with Crippen LogP contribution in [0, 0.1) is 19.8 Å². The van der Waals surface area contributed by atoms with Gasteiger partial charge in [0, 0.05) is 12.1 Å². The molecule has 1 aromatic heterocycles. The molecule has 3 heteroatoms. The van der Waals surface area contributed by atoms with Crippen LogP contribution in [-0.4, -0.2) is 14.8 Å². The lowest BCUT2D eigenvalue weighted by atomic mass is 10.0. The van der Waals surface area contributed by atoms with E-state index in [4.69, 9.17) is 0 Å². The number of aryl methyl sites for hydroxylation is 1. The van der Waals surface area contributed by atoms with Gasteiger partial charge in [-0.15, -0.1) is 10.2 Å². The topological polar surface area (TPSA) is 30.7 Å². The van der Waals surface area contributed by atoms with Gasteiger partial charge in [-0.25, -0.2) is 0 Å². The molecule has 2 rings (SSSR count). The molecule has 17 heavy (non-hydrogen) atoms. The number of nitrogens with zero attached hydrogens (tertiary/aromatic N) is 3. The van der Waals surface area contributed by atoms with Crippen LogP contribution in [0.3, 0.4) is 0 Å². The van der Waals surface area contributed by atoms with Crippen LogP contribution >= 0.6 is 0 Å². The average Bonchev–Trinajstić information content (AvgIpc) is 2.69. The Morgan fingerprint density at radius 3 is 2.71 bits per heavy atom. The molecule has 0 fully saturated rings. The van der Waals surface area contributed by atoms with E-state index in [0.717, 1.165) is 12.4 Å². The van der Waals surface area contributed by atoms with Gasteiger partial charge >= 0.3 is 0 Å². The molecule has 0 spiro atoms. The van der Waals surface area contributed by atoms with Gasteiger partial charge in [0.1, 0.15) is 6.33 Å². The Bertz CT molecular complexity index is 512. The van der Waals surface area contributed by atoms with Crippen LogP contribution in [0.4, 0.5) is 0 Å².